The van der Waals surface area contributed by atoms with Crippen LogP contribution in [0.2, 0.25) is 0 Å². The minimum atomic E-state index is 0.660. The molecule has 0 spiro atoms. The van der Waals surface area contributed by atoms with Gasteiger partial charge in [0.05, 0.1) is 10.2 Å². The van der Waals surface area contributed by atoms with Crippen molar-refractivity contribution in [2.45, 2.75) is 0 Å². The first-order valence-corrected chi connectivity index (χ1v) is 4.85. The van der Waals surface area contributed by atoms with Crippen LogP contribution in [0.5, 0.6) is 0 Å². The van der Waals surface area contributed by atoms with Crippen LogP contribution in [0, 0.1) is 3.95 Å². The van der Waals surface area contributed by atoms with Gasteiger partial charge in [0.25, 0.3) is 0 Å². The molecule has 66 valence electrons. The summed E-state index contributed by atoms with van der Waals surface area (Å²) in [6, 6.07) is 5.61. The third-order valence-corrected chi connectivity index (χ3v) is 2.84. The van der Waals surface area contributed by atoms with Crippen LogP contribution in [0.1, 0.15) is 0 Å². The lowest BCUT2D eigenvalue weighted by molar-refractivity contribution is -0.105. The molecule has 1 amide bonds. The van der Waals surface area contributed by atoms with Gasteiger partial charge in [-0.05, 0) is 30.4 Å². The van der Waals surface area contributed by atoms with Gasteiger partial charge in [-0.15, -0.1) is 11.3 Å². The fraction of sp³-hybridized carbons (Fsp3) is 0. The van der Waals surface area contributed by atoms with E-state index in [9.17, 15) is 4.79 Å². The minimum absolute atomic E-state index is 0.660. The molecule has 13 heavy (non-hydrogen) atoms. The average molecular weight is 210 g/mol. The fourth-order valence-electron chi connectivity index (χ4n) is 1.10. The average Bonchev–Trinajstić information content (AvgIpc) is 2.44. The van der Waals surface area contributed by atoms with Crippen LogP contribution in [0.25, 0.3) is 10.2 Å². The molecule has 1 heterocycles. The SMILES string of the molecule is O=CNc1ccc2[nH]c(=S)sc2c1. The highest BCUT2D eigenvalue weighted by Crippen LogP contribution is 2.22. The van der Waals surface area contributed by atoms with Crippen LogP contribution >= 0.6 is 23.6 Å². The number of aromatic nitrogens is 1. The topological polar surface area (TPSA) is 44.9 Å². The summed E-state index contributed by atoms with van der Waals surface area (Å²) < 4.78 is 1.80. The molecule has 0 aliphatic rings. The Morgan fingerprint density at radius 2 is 2.38 bits per heavy atom. The van der Waals surface area contributed by atoms with Crippen molar-refractivity contribution < 1.29 is 4.79 Å². The second kappa shape index (κ2) is 3.27. The van der Waals surface area contributed by atoms with Gasteiger partial charge in [0.2, 0.25) is 6.41 Å². The monoisotopic (exact) mass is 210 g/mol. The third kappa shape index (κ3) is 1.61. The van der Waals surface area contributed by atoms with E-state index in [0.29, 0.717) is 6.41 Å². The van der Waals surface area contributed by atoms with Crippen molar-refractivity contribution in [3.05, 3.63) is 22.2 Å². The minimum Gasteiger partial charge on any atom is -0.337 e. The highest BCUT2D eigenvalue weighted by atomic mass is 32.1. The second-order valence-corrected chi connectivity index (χ2v) is 4.21. The molecule has 0 saturated heterocycles. The van der Waals surface area contributed by atoms with Crippen molar-refractivity contribution in [1.29, 1.82) is 0 Å². The summed E-state index contributed by atoms with van der Waals surface area (Å²) in [7, 11) is 0. The summed E-state index contributed by atoms with van der Waals surface area (Å²) in [5.74, 6) is 0. The number of H-pyrrole nitrogens is 1. The quantitative estimate of drug-likeness (QED) is 0.591. The van der Waals surface area contributed by atoms with Gasteiger partial charge in [0, 0.05) is 5.69 Å². The number of amides is 1. The summed E-state index contributed by atoms with van der Waals surface area (Å²) in [6.45, 7) is 0. The molecule has 5 heteroatoms. The van der Waals surface area contributed by atoms with Gasteiger partial charge < -0.3 is 10.3 Å². The van der Waals surface area contributed by atoms with Crippen molar-refractivity contribution in [2.75, 3.05) is 5.32 Å². The van der Waals surface area contributed by atoms with Gasteiger partial charge in [0.1, 0.15) is 0 Å². The Bertz CT molecular complexity index is 500. The van der Waals surface area contributed by atoms with Crippen LogP contribution in [0.3, 0.4) is 0 Å². The van der Waals surface area contributed by atoms with Crippen molar-refractivity contribution in [1.82, 2.24) is 4.98 Å². The number of nitrogens with one attached hydrogen (secondary N) is 2. The number of anilines is 1. The van der Waals surface area contributed by atoms with E-state index in [1.807, 2.05) is 18.2 Å². The van der Waals surface area contributed by atoms with Crippen LogP contribution < -0.4 is 5.32 Å². The van der Waals surface area contributed by atoms with Crippen LogP contribution in [0.4, 0.5) is 5.69 Å². The van der Waals surface area contributed by atoms with Crippen molar-refractivity contribution >= 4 is 45.9 Å². The van der Waals surface area contributed by atoms with Crippen LogP contribution in [0.15, 0.2) is 18.2 Å². The van der Waals surface area contributed by atoms with Gasteiger partial charge in [0.15, 0.2) is 3.95 Å². The maximum Gasteiger partial charge on any atom is 0.211 e. The molecule has 1 aromatic carbocycles. The smallest absolute Gasteiger partial charge is 0.211 e. The number of hydrogen-bond acceptors (Lipinski definition) is 3. The summed E-state index contributed by atoms with van der Waals surface area (Å²) in [5.41, 5.74) is 1.79. The number of aromatic amines is 1. The van der Waals surface area contributed by atoms with E-state index in [1.165, 1.54) is 11.3 Å². The first-order chi connectivity index (χ1) is 6.29. The largest absolute Gasteiger partial charge is 0.337 e. The maximum absolute atomic E-state index is 10.2. The van der Waals surface area contributed by atoms with E-state index >= 15 is 0 Å². The lowest BCUT2D eigenvalue weighted by Gasteiger charge is -1.96. The molecule has 0 atom stereocenters. The lowest BCUT2D eigenvalue weighted by atomic mass is 10.3. The van der Waals surface area contributed by atoms with Gasteiger partial charge >= 0.3 is 0 Å². The molecule has 3 nitrogen and oxygen atoms in total. The fourth-order valence-corrected chi connectivity index (χ4v) is 2.26. The van der Waals surface area contributed by atoms with Gasteiger partial charge in [-0.25, -0.2) is 0 Å². The maximum atomic E-state index is 10.2. The number of hydrogen-bond donors (Lipinski definition) is 2. The molecular weight excluding hydrogens is 204 g/mol. The van der Waals surface area contributed by atoms with E-state index < -0.39 is 0 Å². The molecule has 2 rings (SSSR count). The van der Waals surface area contributed by atoms with E-state index in [2.05, 4.69) is 10.3 Å². The number of rotatable bonds is 2. The Morgan fingerprint density at radius 3 is 3.15 bits per heavy atom. The van der Waals surface area contributed by atoms with Gasteiger partial charge in [-0.3, -0.25) is 4.79 Å². The summed E-state index contributed by atoms with van der Waals surface area (Å²) in [5, 5.41) is 2.59. The molecule has 0 aliphatic carbocycles. The highest BCUT2D eigenvalue weighted by Gasteiger charge is 1.97. The number of thiazole rings is 1. The molecule has 2 aromatic rings. The number of carbonyl (C=O) groups excluding carboxylic acids is 1. The zero-order chi connectivity index (χ0) is 9.26. The van der Waals surface area contributed by atoms with Crippen molar-refractivity contribution in [3.63, 3.8) is 0 Å². The predicted octanol–water partition coefficient (Wildman–Crippen LogP) is 2.53. The Kier molecular flexibility index (Phi) is 2.12. The first-order valence-electron chi connectivity index (χ1n) is 3.62. The summed E-state index contributed by atoms with van der Waals surface area (Å²) >= 11 is 6.49. The Morgan fingerprint density at radius 1 is 1.54 bits per heavy atom. The molecule has 0 bridgehead atoms. The molecule has 1 aromatic heterocycles. The van der Waals surface area contributed by atoms with Crippen LogP contribution in [-0.2, 0) is 4.79 Å². The zero-order valence-electron chi connectivity index (χ0n) is 6.53. The van der Waals surface area contributed by atoms with Crippen LogP contribution in [-0.4, -0.2) is 11.4 Å². The van der Waals surface area contributed by atoms with E-state index in [1.54, 1.807) is 0 Å². The van der Waals surface area contributed by atoms with Crippen molar-refractivity contribution in [3.8, 4) is 0 Å². The Hall–Kier alpha value is -1.20. The number of benzene rings is 1. The zero-order valence-corrected chi connectivity index (χ0v) is 8.17. The van der Waals surface area contributed by atoms with Gasteiger partial charge in [-0.2, -0.15) is 0 Å². The Labute approximate surface area is 83.4 Å². The highest BCUT2D eigenvalue weighted by molar-refractivity contribution is 7.73. The lowest BCUT2D eigenvalue weighted by Crippen LogP contribution is -1.92. The normalized spacial score (nSPS) is 10.2. The van der Waals surface area contributed by atoms with E-state index in [0.717, 1.165) is 19.9 Å². The third-order valence-electron chi connectivity index (χ3n) is 1.65. The number of fused-ring (bicyclic) bond motifs is 1. The van der Waals surface area contributed by atoms with Gasteiger partial charge in [-0.1, -0.05) is 0 Å². The molecule has 0 radical (unpaired) electrons. The standard InChI is InChI=1S/C8H6N2OS2/c11-4-9-5-1-2-6-7(3-5)13-8(12)10-6/h1-4H,(H,9,11)(H,10,12). The molecular formula is C8H6N2OS2. The first kappa shape index (κ1) is 8.40. The molecule has 2 N–H and O–H groups in total. The van der Waals surface area contributed by atoms with Crippen molar-refractivity contribution in [2.24, 2.45) is 0 Å². The van der Waals surface area contributed by atoms with E-state index in [-0.39, 0.29) is 0 Å². The predicted molar refractivity (Wildman–Crippen MR) is 56.7 cm³/mol. The molecule has 0 unspecified atom stereocenters. The second-order valence-electron chi connectivity index (χ2n) is 2.49. The molecule has 0 fully saturated rings. The molecule has 0 aliphatic heterocycles. The summed E-state index contributed by atoms with van der Waals surface area (Å²) in [6.07, 6.45) is 0.660. The van der Waals surface area contributed by atoms with E-state index in [4.69, 9.17) is 12.2 Å². The summed E-state index contributed by atoms with van der Waals surface area (Å²) in [4.78, 5) is 13.2. The molecule has 0 saturated carbocycles. The number of carbonyl (C=O) groups is 1. The Balaban J connectivity index is 2.60.